The minimum atomic E-state index is -1.97. The summed E-state index contributed by atoms with van der Waals surface area (Å²) in [6.07, 6.45) is 0.480. The van der Waals surface area contributed by atoms with Gasteiger partial charge < -0.3 is 14.9 Å². The zero-order valence-corrected chi connectivity index (χ0v) is 20.5. The Balaban J connectivity index is 1.67. The van der Waals surface area contributed by atoms with Crippen LogP contribution in [0.15, 0.2) is 88.2 Å². The highest BCUT2D eigenvalue weighted by Crippen LogP contribution is 2.33. The van der Waals surface area contributed by atoms with E-state index < -0.39 is 22.5 Å². The van der Waals surface area contributed by atoms with Gasteiger partial charge in [-0.1, -0.05) is 91.5 Å². The van der Waals surface area contributed by atoms with Gasteiger partial charge in [-0.2, -0.15) is 0 Å². The molecule has 0 aliphatic heterocycles. The number of nitrogens with one attached hydrogen (secondary N) is 1. The molecule has 1 aromatic heterocycles. The number of hydrogen-bond donors (Lipinski definition) is 2. The van der Waals surface area contributed by atoms with Crippen molar-refractivity contribution in [3.8, 4) is 11.8 Å². The number of rotatable bonds is 6. The van der Waals surface area contributed by atoms with E-state index in [-0.39, 0.29) is 6.42 Å². The summed E-state index contributed by atoms with van der Waals surface area (Å²) < 4.78 is 4.77. The van der Waals surface area contributed by atoms with E-state index in [1.54, 1.807) is 25.1 Å². The van der Waals surface area contributed by atoms with Gasteiger partial charge in [-0.15, -0.1) is 0 Å². The molecule has 6 heteroatoms. The molecule has 36 heavy (non-hydrogen) atoms. The summed E-state index contributed by atoms with van der Waals surface area (Å²) in [6, 6.07) is 24.2. The fraction of sp³-hybridized carbons (Fsp3) is 0.233. The lowest BCUT2D eigenvalue weighted by molar-refractivity contribution is -0.130. The van der Waals surface area contributed by atoms with Crippen molar-refractivity contribution in [2.75, 3.05) is 5.32 Å². The van der Waals surface area contributed by atoms with Crippen LogP contribution in [0.2, 0.25) is 0 Å². The maximum atomic E-state index is 13.5. The van der Waals surface area contributed by atoms with Crippen molar-refractivity contribution in [2.45, 2.75) is 44.6 Å². The van der Waals surface area contributed by atoms with E-state index in [0.717, 1.165) is 11.1 Å². The van der Waals surface area contributed by atoms with Crippen LogP contribution in [0.25, 0.3) is 10.8 Å². The van der Waals surface area contributed by atoms with E-state index in [2.05, 4.69) is 22.3 Å². The average Bonchev–Trinajstić information content (AvgIpc) is 2.87. The lowest BCUT2D eigenvalue weighted by atomic mass is 9.75. The van der Waals surface area contributed by atoms with E-state index in [1.807, 2.05) is 74.5 Å². The van der Waals surface area contributed by atoms with Gasteiger partial charge in [0.1, 0.15) is 0 Å². The van der Waals surface area contributed by atoms with Crippen LogP contribution in [-0.2, 0) is 16.6 Å². The van der Waals surface area contributed by atoms with Gasteiger partial charge in [0.25, 0.3) is 5.91 Å². The van der Waals surface area contributed by atoms with Crippen LogP contribution < -0.4 is 10.9 Å². The number of aryl methyl sites for hydroxylation is 1. The number of anilines is 1. The first kappa shape index (κ1) is 24.9. The fourth-order valence-corrected chi connectivity index (χ4v) is 4.24. The molecule has 1 unspecified atom stereocenters. The van der Waals surface area contributed by atoms with Crippen molar-refractivity contribution in [1.29, 1.82) is 0 Å². The molecule has 0 radical (unpaired) electrons. The molecule has 6 nitrogen and oxygen atoms in total. The summed E-state index contributed by atoms with van der Waals surface area (Å²) in [5.74, 6) is 5.23. The monoisotopic (exact) mass is 480 g/mol. The highest BCUT2D eigenvalue weighted by Gasteiger charge is 2.40. The van der Waals surface area contributed by atoms with Crippen LogP contribution in [0.4, 0.5) is 5.69 Å². The highest BCUT2D eigenvalue weighted by molar-refractivity contribution is 6.01. The Morgan fingerprint density at radius 3 is 2.36 bits per heavy atom. The molecule has 0 saturated heterocycles. The minimum Gasteiger partial charge on any atom is -0.369 e. The van der Waals surface area contributed by atoms with Crippen molar-refractivity contribution < 1.29 is 14.4 Å². The maximum absolute atomic E-state index is 13.5. The topological polar surface area (TPSA) is 92.4 Å². The summed E-state index contributed by atoms with van der Waals surface area (Å²) in [5.41, 5.74) is -0.149. The quantitative estimate of drug-likeness (QED) is 0.388. The first-order chi connectivity index (χ1) is 17.2. The first-order valence-corrected chi connectivity index (χ1v) is 11.7. The molecule has 1 heterocycles. The molecule has 1 atom stereocenters. The largest absolute Gasteiger partial charge is 0.369 e. The van der Waals surface area contributed by atoms with Crippen molar-refractivity contribution in [2.24, 2.45) is 0 Å². The molecular weight excluding hydrogens is 452 g/mol. The molecule has 0 spiro atoms. The van der Waals surface area contributed by atoms with E-state index in [0.29, 0.717) is 28.6 Å². The maximum Gasteiger partial charge on any atom is 0.366 e. The number of carbonyl (C=O) groups excluding carboxylic acids is 1. The van der Waals surface area contributed by atoms with Gasteiger partial charge in [0.05, 0.1) is 11.1 Å². The number of fused-ring (bicyclic) bond motifs is 1. The molecular formula is C30H28N2O4. The van der Waals surface area contributed by atoms with Crippen LogP contribution >= 0.6 is 0 Å². The Bertz CT molecular complexity index is 1500. The number of nitrogens with zero attached hydrogens (tertiary/aromatic N) is 1. The zero-order valence-electron chi connectivity index (χ0n) is 20.5. The summed E-state index contributed by atoms with van der Waals surface area (Å²) in [4.78, 5) is 25.5. The SMILES string of the molecule is Cc1noc(=O)c2ccc(NC(=O)C(O)(C#CCc3ccccc3)CC(C)(C)c3ccccc3)cc12. The summed E-state index contributed by atoms with van der Waals surface area (Å²) in [5, 5.41) is 19.1. The Kier molecular flexibility index (Phi) is 7.05. The lowest BCUT2D eigenvalue weighted by Gasteiger charge is -2.32. The first-order valence-electron chi connectivity index (χ1n) is 11.7. The highest BCUT2D eigenvalue weighted by atomic mass is 16.5. The number of carbonyl (C=O) groups is 1. The number of benzene rings is 3. The van der Waals surface area contributed by atoms with E-state index in [4.69, 9.17) is 4.52 Å². The number of hydrogen-bond acceptors (Lipinski definition) is 5. The lowest BCUT2D eigenvalue weighted by Crippen LogP contribution is -2.46. The van der Waals surface area contributed by atoms with Crippen LogP contribution in [0, 0.1) is 18.8 Å². The normalized spacial score (nSPS) is 12.9. The third kappa shape index (κ3) is 5.54. The van der Waals surface area contributed by atoms with E-state index in [9.17, 15) is 14.7 Å². The van der Waals surface area contributed by atoms with Crippen molar-refractivity contribution in [3.05, 3.63) is 106 Å². The smallest absolute Gasteiger partial charge is 0.366 e. The summed E-state index contributed by atoms with van der Waals surface area (Å²) in [7, 11) is 0. The molecule has 0 saturated carbocycles. The van der Waals surface area contributed by atoms with Crippen LogP contribution in [-0.4, -0.2) is 21.8 Å². The molecule has 0 aliphatic rings. The standard InChI is InChI=1S/C30H28N2O4/c1-21-26-19-24(16-17-25(26)27(33)36-32-21)31-28(34)30(35,18-10-13-22-11-6-4-7-12-22)20-29(2,3)23-14-8-5-9-15-23/h4-9,11-12,14-17,19,35H,13,20H2,1-3H3,(H,31,34). The molecule has 182 valence electrons. The van der Waals surface area contributed by atoms with Crippen molar-refractivity contribution >= 4 is 22.4 Å². The molecule has 0 fully saturated rings. The molecule has 0 aliphatic carbocycles. The van der Waals surface area contributed by atoms with Gasteiger partial charge in [0, 0.05) is 23.9 Å². The average molecular weight is 481 g/mol. The van der Waals surface area contributed by atoms with Crippen LogP contribution in [0.1, 0.15) is 37.1 Å². The van der Waals surface area contributed by atoms with E-state index >= 15 is 0 Å². The van der Waals surface area contributed by atoms with Gasteiger partial charge in [-0.3, -0.25) is 4.79 Å². The third-order valence-corrected chi connectivity index (χ3v) is 6.21. The summed E-state index contributed by atoms with van der Waals surface area (Å²) in [6.45, 7) is 5.66. The second-order valence-electron chi connectivity index (χ2n) is 9.52. The molecule has 1 amide bonds. The molecule has 3 aromatic carbocycles. The second-order valence-corrected chi connectivity index (χ2v) is 9.52. The van der Waals surface area contributed by atoms with Gasteiger partial charge in [0.2, 0.25) is 5.60 Å². The second kappa shape index (κ2) is 10.2. The van der Waals surface area contributed by atoms with Gasteiger partial charge >= 0.3 is 5.63 Å². The predicted molar refractivity (Wildman–Crippen MR) is 141 cm³/mol. The summed E-state index contributed by atoms with van der Waals surface area (Å²) >= 11 is 0. The Labute approximate surface area is 210 Å². The molecule has 2 N–H and O–H groups in total. The third-order valence-electron chi connectivity index (χ3n) is 6.21. The number of aromatic nitrogens is 1. The number of amides is 1. The Hall–Kier alpha value is -4.21. The van der Waals surface area contributed by atoms with Gasteiger partial charge in [-0.25, -0.2) is 4.79 Å². The van der Waals surface area contributed by atoms with Gasteiger partial charge in [-0.05, 0) is 41.7 Å². The van der Waals surface area contributed by atoms with Crippen molar-refractivity contribution in [3.63, 3.8) is 0 Å². The Morgan fingerprint density at radius 1 is 1.00 bits per heavy atom. The molecule has 0 bridgehead atoms. The molecule has 4 rings (SSSR count). The van der Waals surface area contributed by atoms with Crippen LogP contribution in [0.5, 0.6) is 0 Å². The zero-order chi connectivity index (χ0) is 25.8. The predicted octanol–water partition coefficient (Wildman–Crippen LogP) is 4.78. The van der Waals surface area contributed by atoms with Gasteiger partial charge in [0.15, 0.2) is 0 Å². The fourth-order valence-electron chi connectivity index (χ4n) is 4.24. The Morgan fingerprint density at radius 2 is 1.67 bits per heavy atom. The molecule has 4 aromatic rings. The van der Waals surface area contributed by atoms with Crippen molar-refractivity contribution in [1.82, 2.24) is 5.16 Å². The van der Waals surface area contributed by atoms with Crippen LogP contribution in [0.3, 0.4) is 0 Å². The number of aliphatic hydroxyl groups is 1. The minimum absolute atomic E-state index is 0.0788. The van der Waals surface area contributed by atoms with E-state index in [1.165, 1.54) is 0 Å².